The van der Waals surface area contributed by atoms with Crippen LogP contribution in [0.5, 0.6) is 5.75 Å². The van der Waals surface area contributed by atoms with Crippen molar-refractivity contribution in [2.45, 2.75) is 0 Å². The molecule has 0 atom stereocenters. The first kappa shape index (κ1) is 13.6. The van der Waals surface area contributed by atoms with Crippen LogP contribution in [0.3, 0.4) is 0 Å². The van der Waals surface area contributed by atoms with Gasteiger partial charge in [0, 0.05) is 11.8 Å². The van der Waals surface area contributed by atoms with E-state index < -0.39 is 5.91 Å². The molecule has 0 fully saturated rings. The number of amides is 1. The number of nitrogens with zero attached hydrogens (tertiary/aromatic N) is 1. The van der Waals surface area contributed by atoms with Crippen LogP contribution in [0.1, 0.15) is 15.9 Å². The molecule has 5 heteroatoms. The van der Waals surface area contributed by atoms with Crippen molar-refractivity contribution in [2.24, 2.45) is 0 Å². The van der Waals surface area contributed by atoms with Gasteiger partial charge in [0.15, 0.2) is 0 Å². The van der Waals surface area contributed by atoms with Gasteiger partial charge in [0.05, 0.1) is 17.4 Å². The highest BCUT2D eigenvalue weighted by Gasteiger charge is 2.09. The Morgan fingerprint density at radius 2 is 2.10 bits per heavy atom. The molecule has 20 heavy (non-hydrogen) atoms. The topological polar surface area (TPSA) is 82.5 Å². The van der Waals surface area contributed by atoms with Crippen molar-refractivity contribution in [1.29, 1.82) is 0 Å². The highest BCUT2D eigenvalue weighted by Crippen LogP contribution is 2.16. The van der Waals surface area contributed by atoms with E-state index in [1.54, 1.807) is 24.3 Å². The van der Waals surface area contributed by atoms with E-state index in [1.165, 1.54) is 18.5 Å². The van der Waals surface area contributed by atoms with Crippen molar-refractivity contribution in [2.75, 3.05) is 11.9 Å². The number of benzene rings is 1. The summed E-state index contributed by atoms with van der Waals surface area (Å²) in [6.45, 7) is -0.251. The van der Waals surface area contributed by atoms with Gasteiger partial charge in [-0.15, -0.1) is 0 Å². The summed E-state index contributed by atoms with van der Waals surface area (Å²) < 4.78 is 0. The Morgan fingerprint density at radius 1 is 1.30 bits per heavy atom. The first-order chi connectivity index (χ1) is 9.70. The molecular weight excluding hydrogens is 256 g/mol. The molecule has 3 N–H and O–H groups in total. The lowest BCUT2D eigenvalue weighted by atomic mass is 10.1. The van der Waals surface area contributed by atoms with E-state index in [0.29, 0.717) is 11.3 Å². The fourth-order valence-electron chi connectivity index (χ4n) is 1.58. The molecule has 100 valence electrons. The van der Waals surface area contributed by atoms with E-state index in [4.69, 9.17) is 5.11 Å². The maximum absolute atomic E-state index is 12.0. The maximum atomic E-state index is 12.0. The molecule has 0 saturated heterocycles. The molecule has 0 aliphatic heterocycles. The van der Waals surface area contributed by atoms with Gasteiger partial charge < -0.3 is 15.5 Å². The van der Waals surface area contributed by atoms with Crippen molar-refractivity contribution >= 4 is 11.6 Å². The Labute approximate surface area is 115 Å². The number of nitrogens with one attached hydrogen (secondary N) is 1. The smallest absolute Gasteiger partial charge is 0.257 e. The zero-order valence-electron chi connectivity index (χ0n) is 10.5. The third kappa shape index (κ3) is 3.34. The minimum absolute atomic E-state index is 0.0778. The second-order valence-corrected chi connectivity index (χ2v) is 3.89. The summed E-state index contributed by atoms with van der Waals surface area (Å²) >= 11 is 0. The molecule has 0 aliphatic rings. The third-order valence-corrected chi connectivity index (χ3v) is 2.46. The molecular formula is C15H12N2O3. The van der Waals surface area contributed by atoms with Crippen LogP contribution in [-0.2, 0) is 0 Å². The first-order valence-electron chi connectivity index (χ1n) is 5.85. The van der Waals surface area contributed by atoms with Crippen LogP contribution in [-0.4, -0.2) is 27.7 Å². The van der Waals surface area contributed by atoms with Gasteiger partial charge in [0.1, 0.15) is 12.4 Å². The van der Waals surface area contributed by atoms with Gasteiger partial charge in [-0.05, 0) is 18.2 Å². The van der Waals surface area contributed by atoms with Crippen LogP contribution in [0.2, 0.25) is 0 Å². The number of carbonyl (C=O) groups excluding carboxylic acids is 1. The number of aromatic nitrogens is 1. The van der Waals surface area contributed by atoms with Crippen LogP contribution in [0.25, 0.3) is 0 Å². The molecule has 1 aromatic heterocycles. The van der Waals surface area contributed by atoms with Gasteiger partial charge in [-0.3, -0.25) is 9.78 Å². The Balaban J connectivity index is 2.24. The molecule has 0 saturated carbocycles. The third-order valence-electron chi connectivity index (χ3n) is 2.46. The van der Waals surface area contributed by atoms with E-state index in [2.05, 4.69) is 22.1 Å². The van der Waals surface area contributed by atoms with E-state index in [1.807, 2.05) is 0 Å². The van der Waals surface area contributed by atoms with Crippen molar-refractivity contribution in [3.8, 4) is 17.6 Å². The number of para-hydroxylation sites is 1. The largest absolute Gasteiger partial charge is 0.506 e. The zero-order chi connectivity index (χ0) is 14.4. The predicted octanol–water partition coefficient (Wildman–Crippen LogP) is 1.38. The van der Waals surface area contributed by atoms with E-state index in [0.717, 1.165) is 0 Å². The fourth-order valence-corrected chi connectivity index (χ4v) is 1.58. The number of rotatable bonds is 2. The van der Waals surface area contributed by atoms with Gasteiger partial charge >= 0.3 is 0 Å². The van der Waals surface area contributed by atoms with Gasteiger partial charge in [-0.2, -0.15) is 0 Å². The summed E-state index contributed by atoms with van der Waals surface area (Å²) in [7, 11) is 0. The lowest BCUT2D eigenvalue weighted by Crippen LogP contribution is -2.13. The molecule has 0 radical (unpaired) electrons. The summed E-state index contributed by atoms with van der Waals surface area (Å²) in [5, 5.41) is 20.7. The number of carbonyl (C=O) groups is 1. The summed E-state index contributed by atoms with van der Waals surface area (Å²) in [5.41, 5.74) is 1.37. The number of aromatic hydroxyl groups is 1. The molecule has 2 aromatic rings. The van der Waals surface area contributed by atoms with Crippen molar-refractivity contribution in [3.05, 3.63) is 53.9 Å². The van der Waals surface area contributed by atoms with Crippen molar-refractivity contribution < 1.29 is 15.0 Å². The Hall–Kier alpha value is -2.84. The molecule has 0 spiro atoms. The van der Waals surface area contributed by atoms with Crippen LogP contribution >= 0.6 is 0 Å². The number of pyridine rings is 1. The normalized spacial score (nSPS) is 9.45. The summed E-state index contributed by atoms with van der Waals surface area (Å²) in [4.78, 5) is 15.8. The number of aliphatic hydroxyl groups excluding tert-OH is 1. The Morgan fingerprint density at radius 3 is 2.85 bits per heavy atom. The highest BCUT2D eigenvalue weighted by molar-refractivity contribution is 6.04. The monoisotopic (exact) mass is 268 g/mol. The molecule has 1 aromatic carbocycles. The molecule has 1 amide bonds. The SMILES string of the molecule is O=C(Nc1ccccc1C#CCO)c1cncc(O)c1. The molecule has 0 aliphatic carbocycles. The first-order valence-corrected chi connectivity index (χ1v) is 5.85. The second kappa shape index (κ2) is 6.36. The highest BCUT2D eigenvalue weighted by atomic mass is 16.3. The average molecular weight is 268 g/mol. The summed E-state index contributed by atoms with van der Waals surface area (Å²) in [6.07, 6.45) is 2.61. The average Bonchev–Trinajstić information content (AvgIpc) is 2.46. The van der Waals surface area contributed by atoms with Crippen LogP contribution in [0.4, 0.5) is 5.69 Å². The summed E-state index contributed by atoms with van der Waals surface area (Å²) in [5.74, 6) is 4.81. The number of anilines is 1. The molecule has 2 rings (SSSR count). The number of hydrogen-bond donors (Lipinski definition) is 3. The van der Waals surface area contributed by atoms with Gasteiger partial charge in [-0.25, -0.2) is 0 Å². The standard InChI is InChI=1S/C15H12N2O3/c18-7-3-5-11-4-1-2-6-14(11)17-15(20)12-8-13(19)10-16-9-12/h1-2,4,6,8-10,18-19H,7H2,(H,17,20). The molecule has 0 unspecified atom stereocenters. The van der Waals surface area contributed by atoms with Crippen molar-refractivity contribution in [1.82, 2.24) is 4.98 Å². The fraction of sp³-hybridized carbons (Fsp3) is 0.0667. The molecule has 0 bridgehead atoms. The minimum Gasteiger partial charge on any atom is -0.506 e. The minimum atomic E-state index is -0.397. The quantitative estimate of drug-likeness (QED) is 0.719. The lowest BCUT2D eigenvalue weighted by molar-refractivity contribution is 0.102. The van der Waals surface area contributed by atoms with E-state index in [9.17, 15) is 9.90 Å². The zero-order valence-corrected chi connectivity index (χ0v) is 10.5. The van der Waals surface area contributed by atoms with Crippen LogP contribution < -0.4 is 5.32 Å². The van der Waals surface area contributed by atoms with Gasteiger partial charge in [-0.1, -0.05) is 24.0 Å². The summed E-state index contributed by atoms with van der Waals surface area (Å²) in [6, 6.07) is 8.31. The number of hydrogen-bond acceptors (Lipinski definition) is 4. The van der Waals surface area contributed by atoms with Gasteiger partial charge in [0.25, 0.3) is 5.91 Å². The van der Waals surface area contributed by atoms with Crippen LogP contribution in [0, 0.1) is 11.8 Å². The Kier molecular flexibility index (Phi) is 4.32. The Bertz CT molecular complexity index is 687. The van der Waals surface area contributed by atoms with Crippen molar-refractivity contribution in [3.63, 3.8) is 0 Å². The number of aliphatic hydroxyl groups is 1. The van der Waals surface area contributed by atoms with Crippen LogP contribution in [0.15, 0.2) is 42.7 Å². The maximum Gasteiger partial charge on any atom is 0.257 e. The van der Waals surface area contributed by atoms with E-state index in [-0.39, 0.29) is 17.9 Å². The second-order valence-electron chi connectivity index (χ2n) is 3.89. The lowest BCUT2D eigenvalue weighted by Gasteiger charge is -2.07. The van der Waals surface area contributed by atoms with Gasteiger partial charge in [0.2, 0.25) is 0 Å². The molecule has 1 heterocycles. The molecule has 5 nitrogen and oxygen atoms in total. The van der Waals surface area contributed by atoms with E-state index >= 15 is 0 Å². The predicted molar refractivity (Wildman–Crippen MR) is 74.3 cm³/mol.